The molecule has 0 saturated carbocycles. The third kappa shape index (κ3) is 5.56. The van der Waals surface area contributed by atoms with Gasteiger partial charge in [0, 0.05) is 26.0 Å². The Kier molecular flexibility index (Phi) is 7.44. The van der Waals surface area contributed by atoms with Crippen molar-refractivity contribution in [3.63, 3.8) is 0 Å². The van der Waals surface area contributed by atoms with E-state index in [9.17, 15) is 18.0 Å². The van der Waals surface area contributed by atoms with Gasteiger partial charge in [-0.05, 0) is 56.0 Å². The van der Waals surface area contributed by atoms with Crippen LogP contribution >= 0.6 is 0 Å². The summed E-state index contributed by atoms with van der Waals surface area (Å²) in [4.78, 5) is 19.2. The number of pyridine rings is 1. The normalized spacial score (nSPS) is 16.4. The molecule has 198 valence electrons. The number of methoxy groups -OCH3 is 2. The first kappa shape index (κ1) is 26.5. The SMILES string of the molecule is COc1ccc(Cn2cc(CCc3cc4c(c(C)n3)NC(=O)[C@H]([C@@H](C)OC)N4C)cn2)cc1C(F)(F)F. The Morgan fingerprint density at radius 3 is 2.59 bits per heavy atom. The lowest BCUT2D eigenvalue weighted by Gasteiger charge is -2.38. The molecule has 4 rings (SSSR count). The van der Waals surface area contributed by atoms with Gasteiger partial charge in [0.15, 0.2) is 0 Å². The van der Waals surface area contributed by atoms with Gasteiger partial charge in [0.1, 0.15) is 11.8 Å². The summed E-state index contributed by atoms with van der Waals surface area (Å²) in [6.45, 7) is 3.92. The molecular formula is C26H30F3N5O3. The number of fused-ring (bicyclic) bond motifs is 1. The van der Waals surface area contributed by atoms with Gasteiger partial charge in [-0.2, -0.15) is 18.3 Å². The van der Waals surface area contributed by atoms with Crippen LogP contribution in [0.25, 0.3) is 0 Å². The van der Waals surface area contributed by atoms with Crippen LogP contribution in [0.1, 0.15) is 35.0 Å². The fraction of sp³-hybridized carbons (Fsp3) is 0.423. The standard InChI is InChI=1S/C26H30F3N5O3/c1-15-23-21(33(3)24(16(2)36-4)25(35)32-23)11-19(31-15)8-6-18-12-30-34(14-18)13-17-7-9-22(37-5)20(10-17)26(27,28)29/h7,9-12,14,16,24H,6,8,13H2,1-5H3,(H,32,35)/t16-,24+/m1/s1. The van der Waals surface area contributed by atoms with Gasteiger partial charge in [-0.3, -0.25) is 14.5 Å². The smallest absolute Gasteiger partial charge is 0.419 e. The number of aryl methyl sites for hydroxylation is 3. The van der Waals surface area contributed by atoms with Gasteiger partial charge in [0.05, 0.1) is 48.6 Å². The molecule has 0 unspecified atom stereocenters. The second kappa shape index (κ2) is 10.4. The minimum absolute atomic E-state index is 0.131. The molecule has 1 amide bonds. The first-order chi connectivity index (χ1) is 17.5. The van der Waals surface area contributed by atoms with Crippen molar-refractivity contribution in [2.45, 2.75) is 51.6 Å². The van der Waals surface area contributed by atoms with Crippen molar-refractivity contribution < 1.29 is 27.4 Å². The van der Waals surface area contributed by atoms with Crippen molar-refractivity contribution in [3.05, 3.63) is 64.7 Å². The lowest BCUT2D eigenvalue weighted by molar-refractivity contribution is -0.138. The Labute approximate surface area is 213 Å². The van der Waals surface area contributed by atoms with E-state index in [0.29, 0.717) is 24.1 Å². The molecule has 3 aromatic rings. The van der Waals surface area contributed by atoms with Gasteiger partial charge in [-0.1, -0.05) is 6.07 Å². The summed E-state index contributed by atoms with van der Waals surface area (Å²) in [7, 11) is 4.67. The lowest BCUT2D eigenvalue weighted by atomic mass is 10.0. The number of aromatic nitrogens is 3. The molecular weight excluding hydrogens is 487 g/mol. The number of benzene rings is 1. The summed E-state index contributed by atoms with van der Waals surface area (Å²) < 4.78 is 51.9. The van der Waals surface area contributed by atoms with Crippen LogP contribution < -0.4 is 15.0 Å². The van der Waals surface area contributed by atoms with Crippen molar-refractivity contribution in [1.82, 2.24) is 14.8 Å². The van der Waals surface area contributed by atoms with Crippen LogP contribution in [-0.2, 0) is 35.1 Å². The monoisotopic (exact) mass is 517 g/mol. The summed E-state index contributed by atoms with van der Waals surface area (Å²) in [6, 6.07) is 5.53. The quantitative estimate of drug-likeness (QED) is 0.482. The predicted octanol–water partition coefficient (Wildman–Crippen LogP) is 4.24. The number of carbonyl (C=O) groups is 1. The molecule has 2 atom stereocenters. The molecule has 0 spiro atoms. The van der Waals surface area contributed by atoms with Crippen LogP contribution in [-0.4, -0.2) is 54.1 Å². The van der Waals surface area contributed by atoms with E-state index in [2.05, 4.69) is 15.4 Å². The van der Waals surface area contributed by atoms with Gasteiger partial charge in [0.25, 0.3) is 0 Å². The molecule has 1 aliphatic rings. The Bertz CT molecular complexity index is 1290. The van der Waals surface area contributed by atoms with E-state index in [1.165, 1.54) is 13.2 Å². The number of likely N-dealkylation sites (N-methyl/N-ethyl adjacent to an activating group) is 1. The molecule has 1 aromatic carbocycles. The predicted molar refractivity (Wildman–Crippen MR) is 133 cm³/mol. The summed E-state index contributed by atoms with van der Waals surface area (Å²) in [5, 5.41) is 7.28. The largest absolute Gasteiger partial charge is 0.496 e. The van der Waals surface area contributed by atoms with E-state index in [-0.39, 0.29) is 24.3 Å². The van der Waals surface area contributed by atoms with E-state index < -0.39 is 17.8 Å². The van der Waals surface area contributed by atoms with Gasteiger partial charge in [0.2, 0.25) is 5.91 Å². The van der Waals surface area contributed by atoms with Gasteiger partial charge >= 0.3 is 6.18 Å². The highest BCUT2D eigenvalue weighted by molar-refractivity contribution is 6.04. The van der Waals surface area contributed by atoms with Crippen molar-refractivity contribution in [2.24, 2.45) is 0 Å². The van der Waals surface area contributed by atoms with Crippen molar-refractivity contribution >= 4 is 17.3 Å². The maximum absolute atomic E-state index is 13.3. The van der Waals surface area contributed by atoms with Crippen LogP contribution in [0.15, 0.2) is 36.7 Å². The van der Waals surface area contributed by atoms with Crippen LogP contribution in [0.4, 0.5) is 24.5 Å². The first-order valence-corrected chi connectivity index (χ1v) is 11.8. The molecule has 8 nitrogen and oxygen atoms in total. The topological polar surface area (TPSA) is 81.5 Å². The number of halogens is 3. The molecule has 11 heteroatoms. The number of amides is 1. The maximum Gasteiger partial charge on any atom is 0.419 e. The summed E-state index contributed by atoms with van der Waals surface area (Å²) in [6.07, 6.45) is 0.0179. The molecule has 1 aliphatic heterocycles. The maximum atomic E-state index is 13.3. The molecule has 0 radical (unpaired) electrons. The number of alkyl halides is 3. The average molecular weight is 518 g/mol. The molecule has 1 N–H and O–H groups in total. The van der Waals surface area contributed by atoms with E-state index >= 15 is 0 Å². The third-order valence-corrected chi connectivity index (χ3v) is 6.63. The number of hydrogen-bond donors (Lipinski definition) is 1. The van der Waals surface area contributed by atoms with Crippen LogP contribution in [0.3, 0.4) is 0 Å². The van der Waals surface area contributed by atoms with Gasteiger partial charge in [-0.15, -0.1) is 0 Å². The molecule has 37 heavy (non-hydrogen) atoms. The first-order valence-electron chi connectivity index (χ1n) is 11.8. The molecule has 0 fully saturated rings. The number of nitrogens with zero attached hydrogens (tertiary/aromatic N) is 4. The fourth-order valence-electron chi connectivity index (χ4n) is 4.62. The van der Waals surface area contributed by atoms with E-state index in [1.54, 1.807) is 24.1 Å². The Hall–Kier alpha value is -3.60. The number of anilines is 2. The Morgan fingerprint density at radius 1 is 1.16 bits per heavy atom. The van der Waals surface area contributed by atoms with E-state index in [4.69, 9.17) is 9.47 Å². The van der Waals surface area contributed by atoms with Crippen LogP contribution in [0, 0.1) is 6.92 Å². The number of rotatable bonds is 8. The molecule has 2 aromatic heterocycles. The second-order valence-electron chi connectivity index (χ2n) is 9.16. The minimum Gasteiger partial charge on any atom is -0.496 e. The highest BCUT2D eigenvalue weighted by Gasteiger charge is 2.36. The van der Waals surface area contributed by atoms with Crippen molar-refractivity contribution in [2.75, 3.05) is 31.5 Å². The highest BCUT2D eigenvalue weighted by Crippen LogP contribution is 2.37. The molecule has 0 saturated heterocycles. The minimum atomic E-state index is -4.50. The Morgan fingerprint density at radius 2 is 1.92 bits per heavy atom. The van der Waals surface area contributed by atoms with E-state index in [0.717, 1.165) is 28.7 Å². The summed E-state index contributed by atoms with van der Waals surface area (Å²) >= 11 is 0. The van der Waals surface area contributed by atoms with Gasteiger partial charge < -0.3 is 19.7 Å². The number of carbonyl (C=O) groups excluding carboxylic acids is 1. The zero-order chi connectivity index (χ0) is 26.9. The fourth-order valence-corrected chi connectivity index (χ4v) is 4.62. The van der Waals surface area contributed by atoms with Crippen molar-refractivity contribution in [3.8, 4) is 5.75 Å². The number of nitrogens with one attached hydrogen (secondary N) is 1. The van der Waals surface area contributed by atoms with E-state index in [1.807, 2.05) is 38.1 Å². The van der Waals surface area contributed by atoms with Crippen molar-refractivity contribution in [1.29, 1.82) is 0 Å². The number of ether oxygens (including phenoxy) is 2. The molecule has 0 aliphatic carbocycles. The summed E-state index contributed by atoms with van der Waals surface area (Å²) in [5.41, 5.74) is 3.77. The second-order valence-corrected chi connectivity index (χ2v) is 9.16. The highest BCUT2D eigenvalue weighted by atomic mass is 19.4. The number of hydrogen-bond acceptors (Lipinski definition) is 6. The van der Waals surface area contributed by atoms with Gasteiger partial charge in [-0.25, -0.2) is 0 Å². The zero-order valence-corrected chi connectivity index (χ0v) is 21.4. The molecule has 0 bridgehead atoms. The molecule has 3 heterocycles. The van der Waals surface area contributed by atoms with Crippen LogP contribution in [0.2, 0.25) is 0 Å². The summed E-state index contributed by atoms with van der Waals surface area (Å²) in [5.74, 6) is -0.341. The average Bonchev–Trinajstić information content (AvgIpc) is 3.30. The Balaban J connectivity index is 1.47. The van der Waals surface area contributed by atoms with Crippen LogP contribution in [0.5, 0.6) is 5.75 Å². The zero-order valence-electron chi connectivity index (χ0n) is 21.4. The third-order valence-electron chi connectivity index (χ3n) is 6.63. The lowest BCUT2D eigenvalue weighted by Crippen LogP contribution is -2.52.